The first-order valence-electron chi connectivity index (χ1n) is 5.21. The molecule has 0 radical (unpaired) electrons. The molecule has 0 spiro atoms. The summed E-state index contributed by atoms with van der Waals surface area (Å²) in [6, 6.07) is 4.41. The third-order valence-electron chi connectivity index (χ3n) is 2.77. The molecule has 0 atom stereocenters. The van der Waals surface area contributed by atoms with Crippen molar-refractivity contribution in [3.8, 4) is 0 Å². The van der Waals surface area contributed by atoms with Gasteiger partial charge in [0.25, 0.3) is 5.69 Å². The van der Waals surface area contributed by atoms with E-state index in [0.29, 0.717) is 23.3 Å². The summed E-state index contributed by atoms with van der Waals surface area (Å²) in [5.74, 6) is 0. The van der Waals surface area contributed by atoms with Crippen molar-refractivity contribution in [1.29, 1.82) is 0 Å². The summed E-state index contributed by atoms with van der Waals surface area (Å²) in [6.45, 7) is 0.352. The number of hydrogen-bond acceptors (Lipinski definition) is 3. The van der Waals surface area contributed by atoms with Gasteiger partial charge in [-0.05, 0) is 25.3 Å². The molecule has 0 heterocycles. The Labute approximate surface area is 98.3 Å². The molecule has 2 rings (SSSR count). The zero-order chi connectivity index (χ0) is 11.5. The molecule has 4 nitrogen and oxygen atoms in total. The Morgan fingerprint density at radius 2 is 2.25 bits per heavy atom. The lowest BCUT2D eigenvalue weighted by atomic mass is 9.96. The van der Waals surface area contributed by atoms with Gasteiger partial charge in [0.05, 0.1) is 17.6 Å². The van der Waals surface area contributed by atoms with E-state index in [1.54, 1.807) is 6.07 Å². The molecule has 1 saturated carbocycles. The smallest absolute Gasteiger partial charge is 0.269 e. The van der Waals surface area contributed by atoms with Crippen LogP contribution >= 0.6 is 11.6 Å². The fourth-order valence-electron chi connectivity index (χ4n) is 1.53. The van der Waals surface area contributed by atoms with Crippen LogP contribution in [-0.2, 0) is 11.3 Å². The van der Waals surface area contributed by atoms with Crippen molar-refractivity contribution < 1.29 is 9.66 Å². The molecule has 86 valence electrons. The molecule has 5 heteroatoms. The van der Waals surface area contributed by atoms with Crippen LogP contribution in [0.4, 0.5) is 5.69 Å². The van der Waals surface area contributed by atoms with Gasteiger partial charge in [-0.15, -0.1) is 0 Å². The highest BCUT2D eigenvalue weighted by molar-refractivity contribution is 6.31. The lowest BCUT2D eigenvalue weighted by Gasteiger charge is -2.25. The third-order valence-corrected chi connectivity index (χ3v) is 3.14. The predicted octanol–water partition coefficient (Wildman–Crippen LogP) is 3.32. The first kappa shape index (κ1) is 11.4. The number of nitro benzene ring substituents is 1. The molecule has 1 aliphatic carbocycles. The predicted molar refractivity (Wildman–Crippen MR) is 60.5 cm³/mol. The van der Waals surface area contributed by atoms with Crippen LogP contribution in [0.5, 0.6) is 0 Å². The molecule has 0 saturated heterocycles. The van der Waals surface area contributed by atoms with Gasteiger partial charge in [0.2, 0.25) is 0 Å². The summed E-state index contributed by atoms with van der Waals surface area (Å²) >= 11 is 5.94. The van der Waals surface area contributed by atoms with Gasteiger partial charge in [-0.25, -0.2) is 0 Å². The summed E-state index contributed by atoms with van der Waals surface area (Å²) in [5, 5.41) is 11.1. The monoisotopic (exact) mass is 241 g/mol. The van der Waals surface area contributed by atoms with E-state index in [9.17, 15) is 10.1 Å². The highest BCUT2D eigenvalue weighted by Crippen LogP contribution is 2.26. The van der Waals surface area contributed by atoms with Crippen molar-refractivity contribution in [3.63, 3.8) is 0 Å². The molecule has 0 bridgehead atoms. The molecule has 0 amide bonds. The SMILES string of the molecule is O=[N+]([O-])c1ccc(Cl)c(COC2CCC2)c1. The summed E-state index contributed by atoms with van der Waals surface area (Å²) < 4.78 is 5.57. The first-order chi connectivity index (χ1) is 7.66. The Morgan fingerprint density at radius 1 is 1.50 bits per heavy atom. The second-order valence-electron chi connectivity index (χ2n) is 3.90. The van der Waals surface area contributed by atoms with Crippen molar-refractivity contribution in [2.24, 2.45) is 0 Å². The summed E-state index contributed by atoms with van der Waals surface area (Å²) in [6.07, 6.45) is 3.65. The minimum absolute atomic E-state index is 0.0524. The van der Waals surface area contributed by atoms with E-state index in [-0.39, 0.29) is 5.69 Å². The van der Waals surface area contributed by atoms with Crippen molar-refractivity contribution in [2.75, 3.05) is 0 Å². The highest BCUT2D eigenvalue weighted by Gasteiger charge is 2.18. The maximum absolute atomic E-state index is 10.6. The van der Waals surface area contributed by atoms with Crippen molar-refractivity contribution in [3.05, 3.63) is 38.9 Å². The van der Waals surface area contributed by atoms with E-state index in [1.165, 1.54) is 18.6 Å². The minimum Gasteiger partial charge on any atom is -0.373 e. The summed E-state index contributed by atoms with van der Waals surface area (Å²) in [4.78, 5) is 10.2. The second kappa shape index (κ2) is 4.80. The molecule has 16 heavy (non-hydrogen) atoms. The number of halogens is 1. The molecule has 1 fully saturated rings. The van der Waals surface area contributed by atoms with Gasteiger partial charge in [0.15, 0.2) is 0 Å². The Hall–Kier alpha value is -1.13. The average Bonchev–Trinajstić information content (AvgIpc) is 2.18. The largest absolute Gasteiger partial charge is 0.373 e. The molecule has 0 unspecified atom stereocenters. The van der Waals surface area contributed by atoms with Crippen LogP contribution in [0.1, 0.15) is 24.8 Å². The number of rotatable bonds is 4. The van der Waals surface area contributed by atoms with Crippen LogP contribution in [0.25, 0.3) is 0 Å². The highest BCUT2D eigenvalue weighted by atomic mass is 35.5. The van der Waals surface area contributed by atoms with E-state index in [2.05, 4.69) is 0 Å². The Kier molecular flexibility index (Phi) is 3.41. The Morgan fingerprint density at radius 3 is 2.81 bits per heavy atom. The van der Waals surface area contributed by atoms with Crippen LogP contribution in [-0.4, -0.2) is 11.0 Å². The van der Waals surface area contributed by atoms with Crippen LogP contribution in [0.15, 0.2) is 18.2 Å². The van der Waals surface area contributed by atoms with E-state index >= 15 is 0 Å². The van der Waals surface area contributed by atoms with Gasteiger partial charge in [0, 0.05) is 22.7 Å². The van der Waals surface area contributed by atoms with E-state index < -0.39 is 4.92 Å². The van der Waals surface area contributed by atoms with Crippen molar-refractivity contribution in [1.82, 2.24) is 0 Å². The van der Waals surface area contributed by atoms with Gasteiger partial charge < -0.3 is 4.74 Å². The number of non-ortho nitro benzene ring substituents is 1. The standard InChI is InChI=1S/C11H12ClNO3/c12-11-5-4-9(13(14)15)6-8(11)7-16-10-2-1-3-10/h4-6,10H,1-3,7H2. The number of benzene rings is 1. The fourth-order valence-corrected chi connectivity index (χ4v) is 1.70. The fraction of sp³-hybridized carbons (Fsp3) is 0.455. The molecular formula is C11H12ClNO3. The minimum atomic E-state index is -0.427. The molecule has 1 aromatic carbocycles. The summed E-state index contributed by atoms with van der Waals surface area (Å²) in [5.41, 5.74) is 0.736. The first-order valence-corrected chi connectivity index (χ1v) is 5.59. The van der Waals surface area contributed by atoms with E-state index in [4.69, 9.17) is 16.3 Å². The lowest BCUT2D eigenvalue weighted by molar-refractivity contribution is -0.385. The lowest BCUT2D eigenvalue weighted by Crippen LogP contribution is -2.21. The zero-order valence-electron chi connectivity index (χ0n) is 8.69. The van der Waals surface area contributed by atoms with Gasteiger partial charge >= 0.3 is 0 Å². The summed E-state index contributed by atoms with van der Waals surface area (Å²) in [7, 11) is 0. The maximum Gasteiger partial charge on any atom is 0.269 e. The molecule has 1 aliphatic rings. The van der Waals surface area contributed by atoms with E-state index in [1.807, 2.05) is 0 Å². The van der Waals surface area contributed by atoms with Crippen LogP contribution in [0.3, 0.4) is 0 Å². The van der Waals surface area contributed by atoms with Crippen LogP contribution in [0, 0.1) is 10.1 Å². The molecule has 0 N–H and O–H groups in total. The molecule has 1 aromatic rings. The Balaban J connectivity index is 2.05. The maximum atomic E-state index is 10.6. The van der Waals surface area contributed by atoms with Gasteiger partial charge in [-0.1, -0.05) is 11.6 Å². The normalized spacial score (nSPS) is 15.8. The average molecular weight is 242 g/mol. The molecule has 0 aromatic heterocycles. The zero-order valence-corrected chi connectivity index (χ0v) is 9.44. The topological polar surface area (TPSA) is 52.4 Å². The molecule has 0 aliphatic heterocycles. The Bertz CT molecular complexity index is 404. The van der Waals surface area contributed by atoms with Gasteiger partial charge in [-0.2, -0.15) is 0 Å². The third kappa shape index (κ3) is 2.51. The van der Waals surface area contributed by atoms with Crippen molar-refractivity contribution in [2.45, 2.75) is 32.0 Å². The van der Waals surface area contributed by atoms with Gasteiger partial charge in [-0.3, -0.25) is 10.1 Å². The number of nitro groups is 1. The second-order valence-corrected chi connectivity index (χ2v) is 4.30. The van der Waals surface area contributed by atoms with Crippen LogP contribution in [0.2, 0.25) is 5.02 Å². The number of ether oxygens (including phenoxy) is 1. The van der Waals surface area contributed by atoms with E-state index in [0.717, 1.165) is 12.8 Å². The number of nitrogens with zero attached hydrogens (tertiary/aromatic N) is 1. The van der Waals surface area contributed by atoms with Gasteiger partial charge in [0.1, 0.15) is 0 Å². The molecular weight excluding hydrogens is 230 g/mol. The number of hydrogen-bond donors (Lipinski definition) is 0. The van der Waals surface area contributed by atoms with Crippen molar-refractivity contribution >= 4 is 17.3 Å². The van der Waals surface area contributed by atoms with Crippen LogP contribution < -0.4 is 0 Å². The quantitative estimate of drug-likeness (QED) is 0.600.